The summed E-state index contributed by atoms with van der Waals surface area (Å²) in [6.07, 6.45) is 4.74. The molecule has 2 aliphatic carbocycles. The van der Waals surface area contributed by atoms with Crippen LogP contribution in [0.1, 0.15) is 143 Å². The highest BCUT2D eigenvalue weighted by atomic mass is 19.1. The first-order valence-electron chi connectivity index (χ1n) is 34.2. The smallest absolute Gasteiger partial charge is 0.407 e. The maximum atomic E-state index is 15.4. The van der Waals surface area contributed by atoms with Crippen LogP contribution >= 0.6 is 0 Å². The van der Waals surface area contributed by atoms with Gasteiger partial charge in [0.2, 0.25) is 23.6 Å². The number of cyclic esters (lactones) is 1. The van der Waals surface area contributed by atoms with Gasteiger partial charge in [0.25, 0.3) is 5.56 Å². The highest BCUT2D eigenvalue weighted by Gasteiger charge is 2.46. The third kappa shape index (κ3) is 21.6. The number of nitrogens with zero attached hydrogens (tertiary/aromatic N) is 2. The summed E-state index contributed by atoms with van der Waals surface area (Å²) in [6.45, 7) is 8.13. The van der Waals surface area contributed by atoms with Crippen LogP contribution < -0.4 is 43.2 Å². The molecule has 0 spiro atoms. The number of aliphatic hydroxyl groups is 1. The van der Waals surface area contributed by atoms with Gasteiger partial charge in [0.15, 0.2) is 17.2 Å². The van der Waals surface area contributed by atoms with Gasteiger partial charge < -0.3 is 85.2 Å². The number of aryl methyl sites for hydroxylation is 1. The number of ketones is 2. The number of alkyl carbamates (subject to hydrolysis) is 1. The molecule has 0 fully saturated rings. The SMILES string of the molecule is CC[C@@]1(O)C(=O)OCc2c1cc1n(c2=O)Cc2c-1nc1cc(F)c(C)c3c1c2[C@@H](NC(=O)COCCC(=O)CNC(=O)OCc1ccc(NC(=O)[C@H](CCCNC(N)=O)CC(=O)[C@@H](NC(=O)CCOCCOCCOCCOCCNC(=O)COC2C#CCCCCC2)C(C)C)cc1)CC3. The fourth-order valence-corrected chi connectivity index (χ4v) is 12.3. The highest BCUT2D eigenvalue weighted by molar-refractivity contribution is 5.98. The lowest BCUT2D eigenvalue weighted by atomic mass is 9.81. The van der Waals surface area contributed by atoms with Crippen molar-refractivity contribution in [2.45, 2.75) is 155 Å². The van der Waals surface area contributed by atoms with E-state index in [4.69, 9.17) is 48.6 Å². The van der Waals surface area contributed by atoms with Crippen LogP contribution in [0.15, 0.2) is 41.2 Å². The Kier molecular flexibility index (Phi) is 29.4. The van der Waals surface area contributed by atoms with Crippen molar-refractivity contribution in [2.75, 3.05) is 97.6 Å². The number of carbonyl (C=O) groups excluding carboxylic acids is 9. The molecule has 1 unspecified atom stereocenters. The van der Waals surface area contributed by atoms with Crippen LogP contribution in [0.2, 0.25) is 0 Å². The summed E-state index contributed by atoms with van der Waals surface area (Å²) in [6, 6.07) is 7.02. The molecular weight excluding hydrogens is 1300 g/mol. The van der Waals surface area contributed by atoms with Crippen LogP contribution in [-0.2, 0) is 103 Å². The van der Waals surface area contributed by atoms with Gasteiger partial charge in [-0.1, -0.05) is 45.2 Å². The van der Waals surface area contributed by atoms with E-state index in [1.165, 1.54) is 10.6 Å². The second kappa shape index (κ2) is 38.2. The quantitative estimate of drug-likeness (QED) is 0.0151. The van der Waals surface area contributed by atoms with Crippen molar-refractivity contribution < 1.29 is 90.5 Å². The van der Waals surface area contributed by atoms with E-state index >= 15 is 4.39 Å². The second-order valence-corrected chi connectivity index (χ2v) is 25.3. The predicted octanol–water partition coefficient (Wildman–Crippen LogP) is 4.56. The third-order valence-corrected chi connectivity index (χ3v) is 17.8. The average Bonchev–Trinajstić information content (AvgIpc) is 1.50. The molecule has 2 aromatic carbocycles. The minimum Gasteiger partial charge on any atom is -0.458 e. The third-order valence-electron chi connectivity index (χ3n) is 17.8. The van der Waals surface area contributed by atoms with Gasteiger partial charge in [-0.15, -0.1) is 5.92 Å². The summed E-state index contributed by atoms with van der Waals surface area (Å²) in [5, 5.41) is 28.3. The number of aromatic nitrogens is 2. The number of anilines is 1. The number of urea groups is 1. The fourth-order valence-electron chi connectivity index (χ4n) is 12.3. The number of benzene rings is 2. The average molecular weight is 1390 g/mol. The van der Waals surface area contributed by atoms with Gasteiger partial charge in [-0.2, -0.15) is 0 Å². The van der Waals surface area contributed by atoms with Crippen molar-refractivity contribution in [1.29, 1.82) is 0 Å². The van der Waals surface area contributed by atoms with Crippen LogP contribution in [0.4, 0.5) is 19.7 Å². The van der Waals surface area contributed by atoms with E-state index in [1.54, 1.807) is 58.0 Å². The normalized spacial score (nSPS) is 17.2. The topological polar surface area (TPSA) is 381 Å². The van der Waals surface area contributed by atoms with Gasteiger partial charge in [0.05, 0.1) is 107 Å². The molecule has 8 rings (SSSR count). The molecule has 4 heterocycles. The van der Waals surface area contributed by atoms with Gasteiger partial charge in [0.1, 0.15) is 38.3 Å². The van der Waals surface area contributed by atoms with E-state index in [0.717, 1.165) is 37.7 Å². The zero-order chi connectivity index (χ0) is 71.7. The van der Waals surface area contributed by atoms with Crippen LogP contribution in [0, 0.1) is 36.4 Å². The number of carbonyl (C=O) groups is 9. The molecule has 4 aromatic rings. The van der Waals surface area contributed by atoms with E-state index in [-0.39, 0.29) is 126 Å². The maximum Gasteiger partial charge on any atom is 0.407 e. The summed E-state index contributed by atoms with van der Waals surface area (Å²) >= 11 is 0. The van der Waals surface area contributed by atoms with Crippen LogP contribution in [-0.4, -0.2) is 172 Å². The van der Waals surface area contributed by atoms with Gasteiger partial charge in [-0.05, 0) is 105 Å². The number of nitrogens with two attached hydrogens (primary N) is 1. The lowest BCUT2D eigenvalue weighted by Gasteiger charge is -2.31. The second-order valence-electron chi connectivity index (χ2n) is 25.3. The minimum absolute atomic E-state index is 0.0281. The van der Waals surface area contributed by atoms with Crippen molar-refractivity contribution >= 4 is 69.9 Å². The first-order chi connectivity index (χ1) is 48.1. The maximum absolute atomic E-state index is 15.4. The van der Waals surface area contributed by atoms with Gasteiger partial charge in [-0.3, -0.25) is 33.6 Å². The molecule has 0 saturated carbocycles. The minimum atomic E-state index is -2.05. The molecule has 2 aromatic heterocycles. The van der Waals surface area contributed by atoms with Crippen molar-refractivity contribution in [3.8, 4) is 23.2 Å². The molecule has 7 amide bonds. The molecule has 28 nitrogen and oxygen atoms in total. The number of Topliss-reactive ketones (excluding diaryl/α,β-unsaturated/α-hetero) is 2. The first-order valence-corrected chi connectivity index (χ1v) is 34.2. The van der Waals surface area contributed by atoms with Crippen molar-refractivity contribution in [2.24, 2.45) is 17.6 Å². The standard InChI is InChI=1S/C71H92FN9O19/c1-5-71(92)53-35-57-65-51(38-81(57)67(88)52(53)40-99-68(71)89)63-55(20-19-50-44(4)54(72)36-56(79-65)62(50)63)78-61(86)41-97-25-21-48(82)37-76-70(91)100-39-45-15-17-47(18-16-45)77-66(87)46(12-11-23-75-69(73)90)34-58(83)64(43(2)3)80-59(84)22-26-93-28-30-95-32-33-96-31-29-94-27-24-74-60(85)42-98-49-13-9-7-6-8-10-14-49/h15-18,35-36,43,46,49,55,64,92H,5-9,11-13,19-34,37-42H2,1-4H3,(H,74,85)(H,76,91)(H,77,87)(H,78,86)(H,80,84)(H3,73,75,90)/t46-,49?,55+,64+,71+/m1/s1. The number of ether oxygens (including phenoxy) is 8. The van der Waals surface area contributed by atoms with E-state index in [2.05, 4.69) is 43.7 Å². The summed E-state index contributed by atoms with van der Waals surface area (Å²) < 4.78 is 60.8. The molecule has 0 saturated heterocycles. The number of esters is 1. The number of primary amides is 1. The lowest BCUT2D eigenvalue weighted by Crippen LogP contribution is -2.45. The Hall–Kier alpha value is -8.76. The Labute approximate surface area is 579 Å². The van der Waals surface area contributed by atoms with Crippen molar-refractivity contribution in [3.63, 3.8) is 0 Å². The van der Waals surface area contributed by atoms with Crippen LogP contribution in [0.25, 0.3) is 22.3 Å². The van der Waals surface area contributed by atoms with Crippen LogP contribution in [0.3, 0.4) is 0 Å². The van der Waals surface area contributed by atoms with Gasteiger partial charge >= 0.3 is 18.1 Å². The number of rotatable bonds is 40. The lowest BCUT2D eigenvalue weighted by molar-refractivity contribution is -0.172. The number of fused-ring (bicyclic) bond motifs is 5. The molecular formula is C71H92FN9O19. The largest absolute Gasteiger partial charge is 0.458 e. The molecule has 2 aliphatic heterocycles. The number of hydrogen-bond acceptors (Lipinski definition) is 20. The monoisotopic (exact) mass is 1390 g/mol. The summed E-state index contributed by atoms with van der Waals surface area (Å²) in [7, 11) is 0. The molecule has 4 aliphatic rings. The number of amides is 7. The van der Waals surface area contributed by atoms with Crippen LogP contribution in [0.5, 0.6) is 0 Å². The zero-order valence-corrected chi connectivity index (χ0v) is 57.2. The Bertz CT molecular complexity index is 3720. The van der Waals surface area contributed by atoms with E-state index in [1.807, 2.05) is 0 Å². The zero-order valence-electron chi connectivity index (χ0n) is 57.2. The molecule has 29 heteroatoms. The van der Waals surface area contributed by atoms with Gasteiger partial charge in [0, 0.05) is 73.0 Å². The highest BCUT2D eigenvalue weighted by Crippen LogP contribution is 2.46. The molecule has 0 bridgehead atoms. The van der Waals surface area contributed by atoms with Gasteiger partial charge in [-0.25, -0.2) is 23.8 Å². The van der Waals surface area contributed by atoms with E-state index < -0.39 is 89.7 Å². The van der Waals surface area contributed by atoms with E-state index in [0.29, 0.717) is 109 Å². The molecule has 542 valence electrons. The summed E-state index contributed by atoms with van der Waals surface area (Å²) in [4.78, 5) is 135. The Morgan fingerprint density at radius 1 is 0.820 bits per heavy atom. The predicted molar refractivity (Wildman–Crippen MR) is 360 cm³/mol. The first kappa shape index (κ1) is 77.0. The van der Waals surface area contributed by atoms with Crippen molar-refractivity contribution in [3.05, 3.63) is 91.5 Å². The fraction of sp³-hybridized carbons (Fsp3) is 0.563. The summed E-state index contributed by atoms with van der Waals surface area (Å²) in [5.41, 5.74) is 7.41. The number of hydrogen-bond donors (Lipinski definition) is 8. The molecule has 0 radical (unpaired) electrons. The Balaban J connectivity index is 0.696. The van der Waals surface area contributed by atoms with Crippen molar-refractivity contribution in [1.82, 2.24) is 36.1 Å². The molecule has 100 heavy (non-hydrogen) atoms. The molecule has 5 atom stereocenters. The summed E-state index contributed by atoms with van der Waals surface area (Å²) in [5.74, 6) is 1.28. The Morgan fingerprint density at radius 3 is 2.26 bits per heavy atom. The Morgan fingerprint density at radius 2 is 1.54 bits per heavy atom. The van der Waals surface area contributed by atoms with E-state index in [9.17, 15) is 53.1 Å². The number of halogens is 1. The molecule has 9 N–H and O–H groups in total. The number of nitrogens with one attached hydrogen (secondary N) is 6. The number of pyridine rings is 2.